The fourth-order valence-corrected chi connectivity index (χ4v) is 3.05. The van der Waals surface area contributed by atoms with E-state index in [1.807, 2.05) is 6.92 Å². The maximum atomic E-state index is 12.8. The maximum Gasteiger partial charge on any atom is 0.337 e. The third-order valence-corrected chi connectivity index (χ3v) is 4.61. The maximum absolute atomic E-state index is 12.8. The summed E-state index contributed by atoms with van der Waals surface area (Å²) in [6.45, 7) is 1.81. The van der Waals surface area contributed by atoms with E-state index in [1.54, 1.807) is 18.2 Å². The van der Waals surface area contributed by atoms with Gasteiger partial charge in [0.05, 0.1) is 18.4 Å². The van der Waals surface area contributed by atoms with E-state index in [1.165, 1.54) is 31.4 Å². The minimum atomic E-state index is -0.651. The van der Waals surface area contributed by atoms with Crippen molar-refractivity contribution in [3.05, 3.63) is 69.3 Å². The first-order valence-electron chi connectivity index (χ1n) is 7.83. The van der Waals surface area contributed by atoms with Crippen LogP contribution >= 0.6 is 23.2 Å². The number of nitrogens with zero attached hydrogens (tertiary/aromatic N) is 1. The number of carbonyl (C=O) groups excluding carboxylic acids is 3. The number of nitrogens with one attached hydrogen (secondary N) is 1. The number of halogens is 2. The van der Waals surface area contributed by atoms with E-state index in [9.17, 15) is 14.4 Å². The molecule has 2 aromatic carbocycles. The minimum Gasteiger partial charge on any atom is -0.465 e. The summed E-state index contributed by atoms with van der Waals surface area (Å²) in [5, 5.41) is 3.25. The molecule has 0 atom stereocenters. The van der Waals surface area contributed by atoms with Crippen molar-refractivity contribution in [1.82, 2.24) is 0 Å². The molecule has 0 aliphatic carbocycles. The van der Waals surface area contributed by atoms with Crippen molar-refractivity contribution in [3.8, 4) is 0 Å². The van der Waals surface area contributed by atoms with E-state index < -0.39 is 17.8 Å². The zero-order chi connectivity index (χ0) is 19.7. The van der Waals surface area contributed by atoms with Crippen molar-refractivity contribution in [2.24, 2.45) is 0 Å². The summed E-state index contributed by atoms with van der Waals surface area (Å²) in [5.41, 5.74) is 1.97. The molecule has 8 heteroatoms. The SMILES string of the molecule is COC(=O)c1ccc(N2C(=O)C(Cl)=C(Nc3ccc(Cl)cc3C)C2=O)cc1. The Morgan fingerprint density at radius 3 is 2.30 bits per heavy atom. The highest BCUT2D eigenvalue weighted by molar-refractivity contribution is 6.53. The van der Waals surface area contributed by atoms with Crippen LogP contribution in [-0.2, 0) is 14.3 Å². The van der Waals surface area contributed by atoms with Gasteiger partial charge in [-0.2, -0.15) is 0 Å². The Labute approximate surface area is 165 Å². The third kappa shape index (κ3) is 3.54. The molecule has 0 saturated carbocycles. The van der Waals surface area contributed by atoms with Crippen LogP contribution in [0.15, 0.2) is 53.2 Å². The number of carbonyl (C=O) groups is 3. The van der Waals surface area contributed by atoms with Crippen LogP contribution in [0.2, 0.25) is 5.02 Å². The highest BCUT2D eigenvalue weighted by Gasteiger charge is 2.39. The number of ether oxygens (including phenoxy) is 1. The molecule has 0 spiro atoms. The molecule has 138 valence electrons. The Hall–Kier alpha value is -2.83. The van der Waals surface area contributed by atoms with E-state index in [0.717, 1.165) is 10.5 Å². The van der Waals surface area contributed by atoms with Gasteiger partial charge in [0, 0.05) is 10.7 Å². The topological polar surface area (TPSA) is 75.7 Å². The molecule has 0 fully saturated rings. The number of amides is 2. The van der Waals surface area contributed by atoms with Crippen LogP contribution in [0.5, 0.6) is 0 Å². The molecule has 27 heavy (non-hydrogen) atoms. The first-order valence-corrected chi connectivity index (χ1v) is 8.59. The van der Waals surface area contributed by atoms with Crippen LogP contribution in [0, 0.1) is 6.92 Å². The standard InChI is InChI=1S/C19H14Cl2N2O4/c1-10-9-12(20)5-8-14(10)22-16-15(21)17(24)23(18(16)25)13-6-3-11(4-7-13)19(26)27-2/h3-9,22H,1-2H3. The second kappa shape index (κ2) is 7.42. The minimum absolute atomic E-state index is 0.0240. The summed E-state index contributed by atoms with van der Waals surface area (Å²) < 4.78 is 4.63. The molecule has 1 aliphatic heterocycles. The van der Waals surface area contributed by atoms with Gasteiger partial charge in [0.2, 0.25) is 0 Å². The van der Waals surface area contributed by atoms with Crippen molar-refractivity contribution in [2.45, 2.75) is 6.92 Å². The van der Waals surface area contributed by atoms with Crippen LogP contribution in [-0.4, -0.2) is 24.9 Å². The van der Waals surface area contributed by atoms with Gasteiger partial charge >= 0.3 is 5.97 Å². The Bertz CT molecular complexity index is 984. The summed E-state index contributed by atoms with van der Waals surface area (Å²) in [4.78, 5) is 37.7. The van der Waals surface area contributed by atoms with Crippen LogP contribution in [0.4, 0.5) is 11.4 Å². The van der Waals surface area contributed by atoms with Gasteiger partial charge in [-0.1, -0.05) is 23.2 Å². The van der Waals surface area contributed by atoms with Crippen molar-refractivity contribution in [3.63, 3.8) is 0 Å². The monoisotopic (exact) mass is 404 g/mol. The lowest BCUT2D eigenvalue weighted by Gasteiger charge is -2.16. The Morgan fingerprint density at radius 2 is 1.70 bits per heavy atom. The van der Waals surface area contributed by atoms with E-state index in [2.05, 4.69) is 10.1 Å². The third-order valence-electron chi connectivity index (χ3n) is 4.02. The molecule has 3 rings (SSSR count). The van der Waals surface area contributed by atoms with Crippen molar-refractivity contribution in [1.29, 1.82) is 0 Å². The van der Waals surface area contributed by atoms with Gasteiger partial charge in [-0.25, -0.2) is 9.69 Å². The predicted molar refractivity (Wildman–Crippen MR) is 103 cm³/mol. The molecule has 0 unspecified atom stereocenters. The van der Waals surface area contributed by atoms with E-state index in [0.29, 0.717) is 22.0 Å². The highest BCUT2D eigenvalue weighted by atomic mass is 35.5. The number of imide groups is 1. The van der Waals surface area contributed by atoms with Crippen molar-refractivity contribution >= 4 is 52.4 Å². The summed E-state index contributed by atoms with van der Waals surface area (Å²) >= 11 is 12.0. The van der Waals surface area contributed by atoms with E-state index >= 15 is 0 Å². The number of hydrogen-bond acceptors (Lipinski definition) is 5. The molecule has 0 saturated heterocycles. The average molecular weight is 405 g/mol. The lowest BCUT2D eigenvalue weighted by atomic mass is 10.2. The first kappa shape index (κ1) is 18.9. The molecule has 0 aromatic heterocycles. The van der Waals surface area contributed by atoms with Crippen LogP contribution < -0.4 is 10.2 Å². The fraction of sp³-hybridized carbons (Fsp3) is 0.105. The Balaban J connectivity index is 1.88. The van der Waals surface area contributed by atoms with E-state index in [-0.39, 0.29) is 10.7 Å². The van der Waals surface area contributed by atoms with Gasteiger partial charge in [0.15, 0.2) is 0 Å². The number of rotatable bonds is 4. The number of esters is 1. The van der Waals surface area contributed by atoms with Crippen molar-refractivity contribution < 1.29 is 19.1 Å². The Morgan fingerprint density at radius 1 is 1.04 bits per heavy atom. The molecular formula is C19H14Cl2N2O4. The van der Waals surface area contributed by atoms with E-state index in [4.69, 9.17) is 23.2 Å². The number of methoxy groups -OCH3 is 1. The summed E-state index contributed by atoms with van der Waals surface area (Å²) in [6, 6.07) is 11.0. The fourth-order valence-electron chi connectivity index (χ4n) is 2.61. The lowest BCUT2D eigenvalue weighted by molar-refractivity contribution is -0.120. The number of hydrogen-bond donors (Lipinski definition) is 1. The number of aryl methyl sites for hydroxylation is 1. The molecule has 2 amide bonds. The van der Waals surface area contributed by atoms with Crippen LogP contribution in [0.1, 0.15) is 15.9 Å². The second-order valence-corrected chi connectivity index (χ2v) is 6.57. The molecule has 1 heterocycles. The predicted octanol–water partition coefficient (Wildman–Crippen LogP) is 3.87. The largest absolute Gasteiger partial charge is 0.465 e. The second-order valence-electron chi connectivity index (χ2n) is 5.76. The zero-order valence-corrected chi connectivity index (χ0v) is 15.9. The van der Waals surface area contributed by atoms with Gasteiger partial charge in [-0.05, 0) is 55.0 Å². The number of anilines is 2. The molecular weight excluding hydrogens is 391 g/mol. The smallest absolute Gasteiger partial charge is 0.337 e. The van der Waals surface area contributed by atoms with Gasteiger partial charge in [-0.15, -0.1) is 0 Å². The van der Waals surface area contributed by atoms with Crippen LogP contribution in [0.3, 0.4) is 0 Å². The van der Waals surface area contributed by atoms with Crippen LogP contribution in [0.25, 0.3) is 0 Å². The normalized spacial score (nSPS) is 14.0. The molecule has 1 aliphatic rings. The summed E-state index contributed by atoms with van der Waals surface area (Å²) in [6.07, 6.45) is 0. The Kier molecular flexibility index (Phi) is 5.21. The van der Waals surface area contributed by atoms with Gasteiger partial charge in [0.25, 0.3) is 11.8 Å². The quantitative estimate of drug-likeness (QED) is 0.618. The first-order chi connectivity index (χ1) is 12.8. The molecule has 1 N–H and O–H groups in total. The highest BCUT2D eigenvalue weighted by Crippen LogP contribution is 2.31. The average Bonchev–Trinajstić information content (AvgIpc) is 2.86. The molecule has 6 nitrogen and oxygen atoms in total. The summed E-state index contributed by atoms with van der Waals surface area (Å²) in [7, 11) is 1.27. The molecule has 2 aromatic rings. The summed E-state index contributed by atoms with van der Waals surface area (Å²) in [5.74, 6) is -1.76. The van der Waals surface area contributed by atoms with Crippen molar-refractivity contribution in [2.75, 3.05) is 17.3 Å². The molecule has 0 radical (unpaired) electrons. The number of benzene rings is 2. The van der Waals surface area contributed by atoms with Gasteiger partial charge in [-0.3, -0.25) is 9.59 Å². The lowest BCUT2D eigenvalue weighted by Crippen LogP contribution is -2.32. The van der Waals surface area contributed by atoms with Gasteiger partial charge in [0.1, 0.15) is 10.7 Å². The zero-order valence-electron chi connectivity index (χ0n) is 14.4. The van der Waals surface area contributed by atoms with Gasteiger partial charge < -0.3 is 10.1 Å². The molecule has 0 bridgehead atoms.